The third kappa shape index (κ3) is 4.57. The fourth-order valence-corrected chi connectivity index (χ4v) is 2.79. The zero-order chi connectivity index (χ0) is 12.7. The van der Waals surface area contributed by atoms with Crippen molar-refractivity contribution < 1.29 is 9.94 Å². The highest BCUT2D eigenvalue weighted by molar-refractivity contribution is 9.10. The molecule has 1 aromatic rings. The Balaban J connectivity index is 2.63. The van der Waals surface area contributed by atoms with Gasteiger partial charge in [-0.25, -0.2) is 0 Å². The van der Waals surface area contributed by atoms with E-state index in [1.807, 2.05) is 18.2 Å². The number of nitrogens with zero attached hydrogens (tertiary/aromatic N) is 1. The third-order valence-corrected chi connectivity index (χ3v) is 4.16. The second-order valence-corrected chi connectivity index (χ2v) is 5.32. The molecule has 1 rings (SSSR count). The fourth-order valence-electron chi connectivity index (χ4n) is 1.22. The van der Waals surface area contributed by atoms with Crippen LogP contribution in [0.15, 0.2) is 32.7 Å². The van der Waals surface area contributed by atoms with Gasteiger partial charge in [0.15, 0.2) is 5.84 Å². The van der Waals surface area contributed by atoms with Crippen LogP contribution in [0.2, 0.25) is 0 Å². The van der Waals surface area contributed by atoms with Crippen LogP contribution in [0.1, 0.15) is 12.0 Å². The summed E-state index contributed by atoms with van der Waals surface area (Å²) in [7, 11) is 1.70. The Morgan fingerprint density at radius 2 is 2.35 bits per heavy atom. The molecule has 0 bridgehead atoms. The molecule has 6 heteroatoms. The average molecular weight is 319 g/mol. The lowest BCUT2D eigenvalue weighted by atomic mass is 10.2. The maximum Gasteiger partial charge on any atom is 0.170 e. The molecule has 0 aliphatic heterocycles. The van der Waals surface area contributed by atoms with Gasteiger partial charge in [0.05, 0.1) is 0 Å². The number of ether oxygens (including phenoxy) is 1. The third-order valence-electron chi connectivity index (χ3n) is 2.09. The van der Waals surface area contributed by atoms with Crippen LogP contribution >= 0.6 is 27.7 Å². The number of hydrogen-bond donors (Lipinski definition) is 2. The summed E-state index contributed by atoms with van der Waals surface area (Å²) in [4.78, 5) is 1.13. The highest BCUT2D eigenvalue weighted by atomic mass is 79.9. The predicted molar refractivity (Wildman–Crippen MR) is 73.9 cm³/mol. The molecular formula is C11H15BrN2O2S. The predicted octanol–water partition coefficient (Wildman–Crippen LogP) is 2.67. The van der Waals surface area contributed by atoms with Crippen molar-refractivity contribution in [3.8, 4) is 0 Å². The summed E-state index contributed by atoms with van der Waals surface area (Å²) < 4.78 is 5.94. The molecule has 0 saturated heterocycles. The number of methoxy groups -OCH3 is 1. The Morgan fingerprint density at radius 3 is 2.94 bits per heavy atom. The Morgan fingerprint density at radius 1 is 1.59 bits per heavy atom. The van der Waals surface area contributed by atoms with Crippen molar-refractivity contribution in [1.82, 2.24) is 0 Å². The molecule has 3 N–H and O–H groups in total. The van der Waals surface area contributed by atoms with Gasteiger partial charge in [0.1, 0.15) is 0 Å². The summed E-state index contributed by atoms with van der Waals surface area (Å²) in [5.41, 5.74) is 6.20. The van der Waals surface area contributed by atoms with Crippen molar-refractivity contribution in [3.05, 3.63) is 28.2 Å². The topological polar surface area (TPSA) is 67.8 Å². The summed E-state index contributed by atoms with van der Waals surface area (Å²) in [5, 5.41) is 11.5. The molecule has 17 heavy (non-hydrogen) atoms. The summed E-state index contributed by atoms with van der Waals surface area (Å²) in [6, 6.07) is 5.63. The molecule has 0 spiro atoms. The van der Waals surface area contributed by atoms with Gasteiger partial charge in [-0.3, -0.25) is 0 Å². The van der Waals surface area contributed by atoms with Crippen molar-refractivity contribution in [2.75, 3.05) is 19.5 Å². The number of oxime groups is 1. The molecule has 0 radical (unpaired) electrons. The largest absolute Gasteiger partial charge is 0.409 e. The van der Waals surface area contributed by atoms with Crippen molar-refractivity contribution in [2.24, 2.45) is 10.9 Å². The van der Waals surface area contributed by atoms with E-state index >= 15 is 0 Å². The van der Waals surface area contributed by atoms with Crippen LogP contribution in [0.5, 0.6) is 0 Å². The van der Waals surface area contributed by atoms with Crippen LogP contribution < -0.4 is 5.73 Å². The molecule has 1 aromatic carbocycles. The lowest BCUT2D eigenvalue weighted by Crippen LogP contribution is -2.12. The highest BCUT2D eigenvalue weighted by Crippen LogP contribution is 2.28. The van der Waals surface area contributed by atoms with E-state index in [0.717, 1.165) is 28.1 Å². The molecule has 0 aliphatic carbocycles. The molecule has 0 aromatic heterocycles. The van der Waals surface area contributed by atoms with E-state index in [4.69, 9.17) is 15.7 Å². The SMILES string of the molecule is COCCCSc1ccc(/C(N)=N/O)cc1Br. The van der Waals surface area contributed by atoms with Gasteiger partial charge < -0.3 is 15.7 Å². The minimum absolute atomic E-state index is 0.113. The van der Waals surface area contributed by atoms with Gasteiger partial charge in [-0.15, -0.1) is 11.8 Å². The molecule has 0 heterocycles. The van der Waals surface area contributed by atoms with Crippen LogP contribution in [0.25, 0.3) is 0 Å². The van der Waals surface area contributed by atoms with E-state index in [9.17, 15) is 0 Å². The van der Waals surface area contributed by atoms with E-state index in [-0.39, 0.29) is 5.84 Å². The van der Waals surface area contributed by atoms with Gasteiger partial charge in [-0.2, -0.15) is 0 Å². The molecule has 0 amide bonds. The molecule has 4 nitrogen and oxygen atoms in total. The molecule has 0 fully saturated rings. The maximum absolute atomic E-state index is 8.58. The monoisotopic (exact) mass is 318 g/mol. The number of nitrogens with two attached hydrogens (primary N) is 1. The molecule has 0 saturated carbocycles. The van der Waals surface area contributed by atoms with E-state index in [1.54, 1.807) is 18.9 Å². The first-order valence-corrected chi connectivity index (χ1v) is 6.86. The molecular weight excluding hydrogens is 304 g/mol. The standard InChI is InChI=1S/C11H15BrN2O2S/c1-16-5-2-6-17-10-4-3-8(7-9(10)12)11(13)14-15/h3-4,7,15H,2,5-6H2,1H3,(H2,13,14). The summed E-state index contributed by atoms with van der Waals surface area (Å²) in [5.74, 6) is 1.11. The minimum atomic E-state index is 0.113. The zero-order valence-corrected chi connectivity index (χ0v) is 11.9. The fraction of sp³-hybridized carbons (Fsp3) is 0.364. The van der Waals surface area contributed by atoms with Crippen LogP contribution in [-0.4, -0.2) is 30.5 Å². The Bertz CT molecular complexity index is 399. The Kier molecular flexibility index (Phi) is 6.39. The van der Waals surface area contributed by atoms with E-state index in [0.29, 0.717) is 5.56 Å². The number of hydrogen-bond acceptors (Lipinski definition) is 4. The van der Waals surface area contributed by atoms with E-state index < -0.39 is 0 Å². The number of rotatable bonds is 6. The van der Waals surface area contributed by atoms with Crippen LogP contribution in [-0.2, 0) is 4.74 Å². The van der Waals surface area contributed by atoms with E-state index in [1.165, 1.54) is 0 Å². The van der Waals surface area contributed by atoms with Gasteiger partial charge in [0.25, 0.3) is 0 Å². The van der Waals surface area contributed by atoms with Crippen molar-refractivity contribution >= 4 is 33.5 Å². The van der Waals surface area contributed by atoms with Gasteiger partial charge in [0.2, 0.25) is 0 Å². The molecule has 0 aliphatic rings. The van der Waals surface area contributed by atoms with Crippen molar-refractivity contribution in [2.45, 2.75) is 11.3 Å². The summed E-state index contributed by atoms with van der Waals surface area (Å²) in [6.45, 7) is 0.771. The lowest BCUT2D eigenvalue weighted by molar-refractivity contribution is 0.200. The number of benzene rings is 1. The first-order chi connectivity index (χ1) is 8.19. The van der Waals surface area contributed by atoms with Crippen molar-refractivity contribution in [3.63, 3.8) is 0 Å². The Hall–Kier alpha value is -0.720. The summed E-state index contributed by atoms with van der Waals surface area (Å²) >= 11 is 5.21. The summed E-state index contributed by atoms with van der Waals surface area (Å²) in [6.07, 6.45) is 1.01. The molecule has 0 atom stereocenters. The smallest absolute Gasteiger partial charge is 0.170 e. The lowest BCUT2D eigenvalue weighted by Gasteiger charge is -2.06. The molecule has 0 unspecified atom stereocenters. The number of thioether (sulfide) groups is 1. The number of halogens is 1. The van der Waals surface area contributed by atoms with Crippen LogP contribution in [0.3, 0.4) is 0 Å². The normalized spacial score (nSPS) is 11.8. The first kappa shape index (κ1) is 14.3. The first-order valence-electron chi connectivity index (χ1n) is 5.08. The Labute approximate surface area is 113 Å². The van der Waals surface area contributed by atoms with Crippen LogP contribution in [0.4, 0.5) is 0 Å². The second kappa shape index (κ2) is 7.58. The second-order valence-electron chi connectivity index (χ2n) is 3.33. The number of amidine groups is 1. The molecule has 94 valence electrons. The van der Waals surface area contributed by atoms with Gasteiger partial charge in [-0.05, 0) is 40.5 Å². The minimum Gasteiger partial charge on any atom is -0.409 e. The average Bonchev–Trinajstić information content (AvgIpc) is 2.35. The highest BCUT2D eigenvalue weighted by Gasteiger charge is 2.05. The van der Waals surface area contributed by atoms with Gasteiger partial charge >= 0.3 is 0 Å². The maximum atomic E-state index is 8.58. The zero-order valence-electron chi connectivity index (χ0n) is 9.52. The van der Waals surface area contributed by atoms with Crippen molar-refractivity contribution in [1.29, 1.82) is 0 Å². The van der Waals surface area contributed by atoms with Gasteiger partial charge in [0, 0.05) is 34.4 Å². The van der Waals surface area contributed by atoms with Gasteiger partial charge in [-0.1, -0.05) is 5.16 Å². The van der Waals surface area contributed by atoms with E-state index in [2.05, 4.69) is 21.1 Å². The quantitative estimate of drug-likeness (QED) is 0.211. The van der Waals surface area contributed by atoms with Crippen LogP contribution in [0, 0.1) is 0 Å².